The minimum absolute atomic E-state index is 0.653. The van der Waals surface area contributed by atoms with E-state index in [0.29, 0.717) is 13.1 Å². The van der Waals surface area contributed by atoms with E-state index in [0.717, 1.165) is 18.0 Å². The van der Waals surface area contributed by atoms with Crippen LogP contribution in [0.25, 0.3) is 0 Å². The standard InChI is InChI=1S/C4H8FN.Cl2O2S/c5-6-3-1-2-4-6;1-5(2,3)4/h1-4H2;. The third kappa shape index (κ3) is 13.4. The lowest BCUT2D eigenvalue weighted by atomic mass is 10.4. The van der Waals surface area contributed by atoms with Crippen molar-refractivity contribution in [3.63, 3.8) is 0 Å². The summed E-state index contributed by atoms with van der Waals surface area (Å²) in [4.78, 5) is 0. The van der Waals surface area contributed by atoms with Crippen LogP contribution in [-0.2, 0) is 8.26 Å². The van der Waals surface area contributed by atoms with Crippen LogP contribution in [0.15, 0.2) is 0 Å². The second-order valence-corrected chi connectivity index (χ2v) is 5.66. The van der Waals surface area contributed by atoms with Gasteiger partial charge in [0.1, 0.15) is 0 Å². The molecule has 1 saturated heterocycles. The van der Waals surface area contributed by atoms with Gasteiger partial charge in [-0.1, -0.05) is 0 Å². The largest absolute Gasteiger partial charge is 0.317 e. The molecule has 0 N–H and O–H groups in total. The molecular formula is C4H8Cl2FNO2S. The highest BCUT2D eigenvalue weighted by Gasteiger charge is 2.07. The average Bonchev–Trinajstić information content (AvgIpc) is 2.12. The fraction of sp³-hybridized carbons (Fsp3) is 1.00. The number of nitrogens with zero attached hydrogens (tertiary/aromatic N) is 1. The third-order valence-corrected chi connectivity index (χ3v) is 1.05. The summed E-state index contributed by atoms with van der Waals surface area (Å²) in [5, 5.41) is 0.861. The first-order valence-electron chi connectivity index (χ1n) is 2.94. The molecule has 0 amide bonds. The summed E-state index contributed by atoms with van der Waals surface area (Å²) in [6, 6.07) is 0. The fourth-order valence-electron chi connectivity index (χ4n) is 0.679. The molecule has 0 aliphatic carbocycles. The van der Waals surface area contributed by atoms with Gasteiger partial charge in [-0.15, -0.1) is 9.60 Å². The second-order valence-electron chi connectivity index (χ2n) is 2.00. The molecule has 1 aliphatic heterocycles. The first kappa shape index (κ1) is 11.4. The van der Waals surface area contributed by atoms with Crippen LogP contribution in [0.4, 0.5) is 4.48 Å². The van der Waals surface area contributed by atoms with Crippen LogP contribution in [0.5, 0.6) is 0 Å². The number of hydrogen-bond acceptors (Lipinski definition) is 3. The van der Waals surface area contributed by atoms with Crippen molar-refractivity contribution >= 4 is 29.6 Å². The van der Waals surface area contributed by atoms with Crippen LogP contribution in [-0.4, -0.2) is 26.6 Å². The SMILES string of the molecule is FN1CCCC1.O=S(=O)(Cl)Cl. The molecule has 1 rings (SSSR count). The van der Waals surface area contributed by atoms with Crippen LogP contribution < -0.4 is 0 Å². The van der Waals surface area contributed by atoms with Gasteiger partial charge in [-0.05, 0) is 12.8 Å². The number of rotatable bonds is 0. The lowest BCUT2D eigenvalue weighted by Crippen LogP contribution is -2.04. The van der Waals surface area contributed by atoms with Gasteiger partial charge in [0.25, 0.3) is 0 Å². The Balaban J connectivity index is 0.000000187. The Morgan fingerprint density at radius 2 is 1.45 bits per heavy atom. The maximum Gasteiger partial charge on any atom is 0.317 e. The minimum Gasteiger partial charge on any atom is -0.195 e. The number of hydrogen-bond donors (Lipinski definition) is 0. The van der Waals surface area contributed by atoms with Crippen molar-refractivity contribution in [1.29, 1.82) is 0 Å². The Bertz CT molecular complexity index is 182. The van der Waals surface area contributed by atoms with Crippen molar-refractivity contribution < 1.29 is 12.9 Å². The molecule has 1 heterocycles. The topological polar surface area (TPSA) is 37.4 Å². The van der Waals surface area contributed by atoms with Crippen LogP contribution in [0.3, 0.4) is 0 Å². The first-order chi connectivity index (χ1) is 4.89. The molecule has 0 bridgehead atoms. The maximum atomic E-state index is 11.8. The van der Waals surface area contributed by atoms with Gasteiger partial charge in [0.15, 0.2) is 0 Å². The Morgan fingerprint density at radius 3 is 1.55 bits per heavy atom. The predicted molar refractivity (Wildman–Crippen MR) is 42.5 cm³/mol. The smallest absolute Gasteiger partial charge is 0.195 e. The van der Waals surface area contributed by atoms with E-state index in [1.54, 1.807) is 0 Å². The summed E-state index contributed by atoms with van der Waals surface area (Å²) in [5.41, 5.74) is 0. The molecular weight excluding hydrogens is 216 g/mol. The van der Waals surface area contributed by atoms with E-state index in [1.165, 1.54) is 0 Å². The van der Waals surface area contributed by atoms with Crippen molar-refractivity contribution in [3.05, 3.63) is 0 Å². The fourth-order valence-corrected chi connectivity index (χ4v) is 0.679. The van der Waals surface area contributed by atoms with Crippen molar-refractivity contribution in [2.45, 2.75) is 12.8 Å². The molecule has 0 aromatic heterocycles. The summed E-state index contributed by atoms with van der Waals surface area (Å²) >= 11 is 0. The Kier molecular flexibility index (Phi) is 5.33. The van der Waals surface area contributed by atoms with E-state index in [-0.39, 0.29) is 0 Å². The van der Waals surface area contributed by atoms with Gasteiger partial charge >= 0.3 is 8.26 Å². The van der Waals surface area contributed by atoms with Crippen LogP contribution in [0.2, 0.25) is 0 Å². The quantitative estimate of drug-likeness (QED) is 0.464. The third-order valence-electron chi connectivity index (χ3n) is 1.05. The molecule has 0 spiro atoms. The zero-order chi connectivity index (χ0) is 8.91. The second kappa shape index (κ2) is 5.13. The molecule has 3 nitrogen and oxygen atoms in total. The van der Waals surface area contributed by atoms with E-state index in [1.807, 2.05) is 0 Å². The summed E-state index contributed by atoms with van der Waals surface area (Å²) in [6.07, 6.45) is 2.08. The van der Waals surface area contributed by atoms with Gasteiger partial charge in [-0.2, -0.15) is 8.42 Å². The van der Waals surface area contributed by atoms with E-state index >= 15 is 0 Å². The van der Waals surface area contributed by atoms with Gasteiger partial charge in [0.2, 0.25) is 0 Å². The van der Waals surface area contributed by atoms with E-state index < -0.39 is 8.26 Å². The van der Waals surface area contributed by atoms with Gasteiger partial charge in [-0.3, -0.25) is 0 Å². The van der Waals surface area contributed by atoms with Crippen LogP contribution >= 0.6 is 21.4 Å². The molecule has 0 aromatic rings. The van der Waals surface area contributed by atoms with E-state index in [2.05, 4.69) is 21.4 Å². The lowest BCUT2D eigenvalue weighted by molar-refractivity contribution is 0.0574. The first-order valence-corrected chi connectivity index (χ1v) is 6.08. The molecule has 11 heavy (non-hydrogen) atoms. The Labute approximate surface area is 73.9 Å². The van der Waals surface area contributed by atoms with E-state index in [9.17, 15) is 4.48 Å². The molecule has 0 atom stereocenters. The van der Waals surface area contributed by atoms with Crippen molar-refractivity contribution in [1.82, 2.24) is 5.12 Å². The lowest BCUT2D eigenvalue weighted by Gasteiger charge is -1.94. The summed E-state index contributed by atoms with van der Waals surface area (Å²) in [5.74, 6) is 0. The van der Waals surface area contributed by atoms with Gasteiger partial charge in [0.05, 0.1) is 0 Å². The van der Waals surface area contributed by atoms with Crippen molar-refractivity contribution in [3.8, 4) is 0 Å². The Hall–Kier alpha value is 0.420. The molecule has 1 fully saturated rings. The molecule has 7 heteroatoms. The maximum absolute atomic E-state index is 11.8. The Morgan fingerprint density at radius 1 is 1.18 bits per heavy atom. The molecule has 0 radical (unpaired) electrons. The molecule has 0 aromatic carbocycles. The molecule has 68 valence electrons. The zero-order valence-corrected chi connectivity index (χ0v) is 7.96. The summed E-state index contributed by atoms with van der Waals surface area (Å²) in [6.45, 7) is 1.31. The van der Waals surface area contributed by atoms with Gasteiger partial charge in [-0.25, -0.2) is 0 Å². The predicted octanol–water partition coefficient (Wildman–Crippen LogP) is 1.68. The monoisotopic (exact) mass is 223 g/mol. The van der Waals surface area contributed by atoms with Crippen LogP contribution in [0.1, 0.15) is 12.8 Å². The van der Waals surface area contributed by atoms with Gasteiger partial charge in [0, 0.05) is 34.5 Å². The van der Waals surface area contributed by atoms with Gasteiger partial charge < -0.3 is 0 Å². The normalized spacial score (nSPS) is 19.2. The minimum atomic E-state index is -3.72. The average molecular weight is 224 g/mol. The number of halogens is 3. The van der Waals surface area contributed by atoms with Crippen molar-refractivity contribution in [2.24, 2.45) is 0 Å². The summed E-state index contributed by atoms with van der Waals surface area (Å²) in [7, 11) is 4.81. The summed E-state index contributed by atoms with van der Waals surface area (Å²) < 4.78 is 30.1. The highest BCUT2D eigenvalue weighted by Crippen LogP contribution is 2.05. The van der Waals surface area contributed by atoms with E-state index in [4.69, 9.17) is 8.42 Å². The highest BCUT2D eigenvalue weighted by atomic mass is 36.0. The zero-order valence-electron chi connectivity index (χ0n) is 5.63. The van der Waals surface area contributed by atoms with Crippen molar-refractivity contribution in [2.75, 3.05) is 13.1 Å². The highest BCUT2D eigenvalue weighted by molar-refractivity contribution is 8.31. The molecule has 0 unspecified atom stereocenters. The molecule has 1 aliphatic rings. The van der Waals surface area contributed by atoms with Crippen LogP contribution in [0, 0.1) is 0 Å². The molecule has 0 saturated carbocycles.